The van der Waals surface area contributed by atoms with E-state index in [9.17, 15) is 19.8 Å². The molecule has 0 aromatic carbocycles. The van der Waals surface area contributed by atoms with Crippen LogP contribution in [0.5, 0.6) is 0 Å². The molecule has 132 valence electrons. The quantitative estimate of drug-likeness (QED) is 0.438. The van der Waals surface area contributed by atoms with Crippen molar-refractivity contribution in [1.82, 2.24) is 0 Å². The van der Waals surface area contributed by atoms with Crippen molar-refractivity contribution < 1.29 is 29.3 Å². The maximum atomic E-state index is 12.0. The lowest BCUT2D eigenvalue weighted by Crippen LogP contribution is -2.36. The summed E-state index contributed by atoms with van der Waals surface area (Å²) in [7, 11) is 0. The molecule has 0 aliphatic carbocycles. The lowest BCUT2D eigenvalue weighted by atomic mass is 9.98. The van der Waals surface area contributed by atoms with Gasteiger partial charge in [-0.25, -0.2) is 0 Å². The first-order valence-corrected chi connectivity index (χ1v) is 8.28. The Morgan fingerprint density at radius 2 is 2.09 bits per heavy atom. The summed E-state index contributed by atoms with van der Waals surface area (Å²) < 4.78 is 10.3. The number of carbonyl (C=O) groups is 2. The number of aliphatic hydroxyl groups excluding tert-OH is 2. The summed E-state index contributed by atoms with van der Waals surface area (Å²) in [6.45, 7) is 3.37. The lowest BCUT2D eigenvalue weighted by molar-refractivity contribution is -0.163. The maximum absolute atomic E-state index is 12.0. The molecule has 4 unspecified atom stereocenters. The van der Waals surface area contributed by atoms with Crippen LogP contribution in [0.2, 0.25) is 0 Å². The Hall–Kier alpha value is -1.40. The number of unbranched alkanes of at least 4 members (excludes halogenated alkanes) is 2. The largest absolute Gasteiger partial charge is 0.466 e. The molecule has 0 aromatic rings. The number of cyclic esters (lactones) is 1. The van der Waals surface area contributed by atoms with Crippen LogP contribution >= 0.6 is 0 Å². The highest BCUT2D eigenvalue weighted by atomic mass is 16.6. The zero-order chi connectivity index (χ0) is 17.2. The standard InChI is InChI=1S/C17H28O6/c1-12-14(19)8-5-6-9-15(20)16(23-17(12)21)10-4-3-7-11-22-13(2)18/h5,8,12,14-16,19-20H,3-4,6-7,9-11H2,1-2H3. The molecule has 4 atom stereocenters. The van der Waals surface area contributed by atoms with Crippen molar-refractivity contribution in [3.63, 3.8) is 0 Å². The number of rotatable bonds is 6. The SMILES string of the molecule is CC(=O)OCCCCCC1OC(=O)C(C)C(O)C=CCCC1O. The molecule has 0 bridgehead atoms. The Bertz CT molecular complexity index is 406. The minimum Gasteiger partial charge on any atom is -0.466 e. The van der Waals surface area contributed by atoms with E-state index in [2.05, 4.69) is 0 Å². The molecule has 0 saturated carbocycles. The van der Waals surface area contributed by atoms with Gasteiger partial charge in [-0.15, -0.1) is 0 Å². The molecular formula is C17H28O6. The van der Waals surface area contributed by atoms with E-state index >= 15 is 0 Å². The minimum atomic E-state index is -0.859. The van der Waals surface area contributed by atoms with Crippen LogP contribution in [0.15, 0.2) is 12.2 Å². The van der Waals surface area contributed by atoms with Crippen LogP contribution in [0.4, 0.5) is 0 Å². The molecule has 0 aromatic heterocycles. The van der Waals surface area contributed by atoms with Crippen molar-refractivity contribution in [2.45, 2.75) is 70.7 Å². The van der Waals surface area contributed by atoms with Crippen LogP contribution in [0, 0.1) is 5.92 Å². The number of esters is 2. The molecule has 0 amide bonds. The zero-order valence-electron chi connectivity index (χ0n) is 13.9. The van der Waals surface area contributed by atoms with E-state index < -0.39 is 30.2 Å². The van der Waals surface area contributed by atoms with Gasteiger partial charge in [-0.1, -0.05) is 12.2 Å². The summed E-state index contributed by atoms with van der Waals surface area (Å²) in [4.78, 5) is 22.7. The average Bonchev–Trinajstić information content (AvgIpc) is 2.51. The predicted molar refractivity (Wildman–Crippen MR) is 84.5 cm³/mol. The first-order valence-electron chi connectivity index (χ1n) is 8.28. The van der Waals surface area contributed by atoms with Crippen molar-refractivity contribution >= 4 is 11.9 Å². The molecule has 1 rings (SSSR count). The van der Waals surface area contributed by atoms with Gasteiger partial charge in [-0.05, 0) is 45.4 Å². The van der Waals surface area contributed by atoms with Gasteiger partial charge in [0.2, 0.25) is 0 Å². The second kappa shape index (κ2) is 10.4. The van der Waals surface area contributed by atoms with Crippen molar-refractivity contribution in [2.24, 2.45) is 5.92 Å². The Labute approximate surface area is 137 Å². The summed E-state index contributed by atoms with van der Waals surface area (Å²) >= 11 is 0. The average molecular weight is 328 g/mol. The van der Waals surface area contributed by atoms with E-state index in [1.165, 1.54) is 6.92 Å². The highest BCUT2D eigenvalue weighted by Gasteiger charge is 2.28. The number of allylic oxidation sites excluding steroid dienone is 1. The van der Waals surface area contributed by atoms with Gasteiger partial charge in [0.25, 0.3) is 0 Å². The Morgan fingerprint density at radius 3 is 2.78 bits per heavy atom. The first-order chi connectivity index (χ1) is 10.9. The number of ether oxygens (including phenoxy) is 2. The molecule has 1 aliphatic rings. The minimum absolute atomic E-state index is 0.290. The van der Waals surface area contributed by atoms with E-state index in [1.807, 2.05) is 0 Å². The van der Waals surface area contributed by atoms with Crippen molar-refractivity contribution in [2.75, 3.05) is 6.61 Å². The van der Waals surface area contributed by atoms with Gasteiger partial charge in [-0.2, -0.15) is 0 Å². The van der Waals surface area contributed by atoms with Crippen molar-refractivity contribution in [3.8, 4) is 0 Å². The third-order valence-corrected chi connectivity index (χ3v) is 3.98. The van der Waals surface area contributed by atoms with Gasteiger partial charge >= 0.3 is 11.9 Å². The second-order valence-electron chi connectivity index (χ2n) is 6.02. The highest BCUT2D eigenvalue weighted by molar-refractivity contribution is 5.73. The van der Waals surface area contributed by atoms with E-state index in [-0.39, 0.29) is 5.97 Å². The van der Waals surface area contributed by atoms with Crippen LogP contribution in [-0.2, 0) is 19.1 Å². The molecule has 0 radical (unpaired) electrons. The van der Waals surface area contributed by atoms with Crippen LogP contribution in [0.25, 0.3) is 0 Å². The van der Waals surface area contributed by atoms with Gasteiger partial charge in [0.05, 0.1) is 24.7 Å². The van der Waals surface area contributed by atoms with Crippen molar-refractivity contribution in [1.29, 1.82) is 0 Å². The molecule has 1 aliphatic heterocycles. The summed E-state index contributed by atoms with van der Waals surface area (Å²) in [5.41, 5.74) is 0. The van der Waals surface area contributed by atoms with Crippen LogP contribution in [0.3, 0.4) is 0 Å². The Kier molecular flexibility index (Phi) is 8.87. The monoisotopic (exact) mass is 328 g/mol. The Morgan fingerprint density at radius 1 is 1.35 bits per heavy atom. The molecular weight excluding hydrogens is 300 g/mol. The molecule has 0 saturated heterocycles. The second-order valence-corrected chi connectivity index (χ2v) is 6.02. The summed E-state index contributed by atoms with van der Waals surface area (Å²) in [6, 6.07) is 0. The fraction of sp³-hybridized carbons (Fsp3) is 0.765. The van der Waals surface area contributed by atoms with E-state index in [1.54, 1.807) is 19.1 Å². The van der Waals surface area contributed by atoms with Gasteiger partial charge in [-0.3, -0.25) is 9.59 Å². The fourth-order valence-corrected chi connectivity index (χ4v) is 2.42. The fourth-order valence-electron chi connectivity index (χ4n) is 2.42. The van der Waals surface area contributed by atoms with Gasteiger partial charge in [0.15, 0.2) is 0 Å². The maximum Gasteiger partial charge on any atom is 0.311 e. The van der Waals surface area contributed by atoms with E-state index in [0.717, 1.165) is 19.3 Å². The molecule has 6 nitrogen and oxygen atoms in total. The normalized spacial score (nSPS) is 29.0. The molecule has 0 spiro atoms. The summed E-state index contributed by atoms with van der Waals surface area (Å²) in [6.07, 6.45) is 5.25. The van der Waals surface area contributed by atoms with Gasteiger partial charge < -0.3 is 19.7 Å². The van der Waals surface area contributed by atoms with E-state index in [0.29, 0.717) is 25.9 Å². The number of hydrogen-bond acceptors (Lipinski definition) is 6. The molecule has 0 fully saturated rings. The third-order valence-electron chi connectivity index (χ3n) is 3.98. The highest BCUT2D eigenvalue weighted by Crippen LogP contribution is 2.19. The topological polar surface area (TPSA) is 93.1 Å². The Balaban J connectivity index is 2.45. The number of carbonyl (C=O) groups excluding carboxylic acids is 2. The third kappa shape index (κ3) is 7.61. The predicted octanol–water partition coefficient (Wildman–Crippen LogP) is 1.73. The summed E-state index contributed by atoms with van der Waals surface area (Å²) in [5, 5.41) is 20.0. The van der Waals surface area contributed by atoms with E-state index in [4.69, 9.17) is 9.47 Å². The van der Waals surface area contributed by atoms with Crippen molar-refractivity contribution in [3.05, 3.63) is 12.2 Å². The van der Waals surface area contributed by atoms with Gasteiger partial charge in [0.1, 0.15) is 6.10 Å². The molecule has 2 N–H and O–H groups in total. The number of aliphatic hydroxyl groups is 2. The smallest absolute Gasteiger partial charge is 0.311 e. The molecule has 6 heteroatoms. The van der Waals surface area contributed by atoms with Gasteiger partial charge in [0, 0.05) is 6.92 Å². The number of hydrogen-bond donors (Lipinski definition) is 2. The summed E-state index contributed by atoms with van der Waals surface area (Å²) in [5.74, 6) is -1.43. The van der Waals surface area contributed by atoms with Crippen LogP contribution in [0.1, 0.15) is 52.4 Å². The van der Waals surface area contributed by atoms with Crippen LogP contribution < -0.4 is 0 Å². The molecule has 1 heterocycles. The first kappa shape index (κ1) is 19.6. The lowest BCUT2D eigenvalue weighted by Gasteiger charge is -2.26. The zero-order valence-corrected chi connectivity index (χ0v) is 13.9. The van der Waals surface area contributed by atoms with Crippen LogP contribution in [-0.4, -0.2) is 47.1 Å². The molecule has 23 heavy (non-hydrogen) atoms.